The maximum Gasteiger partial charge on any atom is 0.242 e. The largest absolute Gasteiger partial charge is 0.339 e. The van der Waals surface area contributed by atoms with Crippen molar-refractivity contribution in [3.8, 4) is 0 Å². The fourth-order valence-corrected chi connectivity index (χ4v) is 1.62. The molecule has 1 N–H and O–H groups in total. The Kier molecular flexibility index (Phi) is 2.41. The minimum absolute atomic E-state index is 0.0299. The number of carbonyl (C=O) groups excluding carboxylic acids is 1. The summed E-state index contributed by atoms with van der Waals surface area (Å²) in [5, 5.41) is 3.27. The van der Waals surface area contributed by atoms with E-state index in [0.717, 1.165) is 13.0 Å². The minimum Gasteiger partial charge on any atom is -0.339 e. The number of hydrogen-bond donors (Lipinski definition) is 1. The highest BCUT2D eigenvalue weighted by molar-refractivity contribution is 5.86. The van der Waals surface area contributed by atoms with Crippen LogP contribution in [0.1, 0.15) is 34.1 Å². The van der Waals surface area contributed by atoms with Gasteiger partial charge in [0.2, 0.25) is 5.91 Å². The molecule has 0 aliphatic carbocycles. The molecule has 0 spiro atoms. The first-order valence-corrected chi connectivity index (χ1v) is 4.81. The lowest BCUT2D eigenvalue weighted by molar-refractivity contribution is -0.138. The van der Waals surface area contributed by atoms with Crippen LogP contribution in [-0.2, 0) is 4.79 Å². The van der Waals surface area contributed by atoms with Crippen LogP contribution in [-0.4, -0.2) is 35.5 Å². The van der Waals surface area contributed by atoms with Gasteiger partial charge in [-0.1, -0.05) is 0 Å². The predicted molar refractivity (Wildman–Crippen MR) is 53.5 cm³/mol. The molecule has 0 unspecified atom stereocenters. The number of carbonyl (C=O) groups is 1. The van der Waals surface area contributed by atoms with Gasteiger partial charge < -0.3 is 10.2 Å². The monoisotopic (exact) mass is 184 g/mol. The molecule has 1 aliphatic rings. The number of nitrogens with zero attached hydrogens (tertiary/aromatic N) is 1. The molecule has 0 radical (unpaired) electrons. The molecule has 13 heavy (non-hydrogen) atoms. The summed E-state index contributed by atoms with van der Waals surface area (Å²) in [4.78, 5) is 13.8. The summed E-state index contributed by atoms with van der Waals surface area (Å²) in [5.74, 6) is 0.176. The Morgan fingerprint density at radius 2 is 1.85 bits per heavy atom. The van der Waals surface area contributed by atoms with Crippen LogP contribution in [0, 0.1) is 0 Å². The second-order valence-electron chi connectivity index (χ2n) is 4.98. The maximum atomic E-state index is 11.9. The van der Waals surface area contributed by atoms with Crippen LogP contribution >= 0.6 is 0 Å². The van der Waals surface area contributed by atoms with Crippen molar-refractivity contribution < 1.29 is 4.79 Å². The molecule has 1 rings (SSSR count). The van der Waals surface area contributed by atoms with Gasteiger partial charge in [0.15, 0.2) is 0 Å². The number of nitrogens with one attached hydrogen (secondary N) is 1. The first-order valence-electron chi connectivity index (χ1n) is 4.81. The molecule has 1 fully saturated rings. The first-order chi connectivity index (χ1) is 5.77. The van der Waals surface area contributed by atoms with Gasteiger partial charge in [0.1, 0.15) is 0 Å². The normalized spacial score (nSPS) is 27.2. The lowest BCUT2D eigenvalue weighted by Crippen LogP contribution is -2.54. The summed E-state index contributed by atoms with van der Waals surface area (Å²) >= 11 is 0. The fourth-order valence-electron chi connectivity index (χ4n) is 1.62. The SMILES string of the molecule is CN1C(=O)C(C)(C)NCCC1(C)C. The molecule has 0 aromatic heterocycles. The Balaban J connectivity index is 2.94. The summed E-state index contributed by atoms with van der Waals surface area (Å²) in [5.41, 5.74) is -0.444. The second kappa shape index (κ2) is 2.98. The van der Waals surface area contributed by atoms with Gasteiger partial charge >= 0.3 is 0 Å². The molecule has 1 saturated heterocycles. The van der Waals surface area contributed by atoms with E-state index in [2.05, 4.69) is 19.2 Å². The van der Waals surface area contributed by atoms with Gasteiger partial charge in [-0.2, -0.15) is 0 Å². The van der Waals surface area contributed by atoms with Crippen LogP contribution in [0.25, 0.3) is 0 Å². The Labute approximate surface area is 80.5 Å². The van der Waals surface area contributed by atoms with E-state index in [1.807, 2.05) is 25.8 Å². The third kappa shape index (κ3) is 1.85. The van der Waals surface area contributed by atoms with E-state index in [4.69, 9.17) is 0 Å². The summed E-state index contributed by atoms with van der Waals surface area (Å²) in [6.07, 6.45) is 0.999. The highest BCUT2D eigenvalue weighted by Gasteiger charge is 2.39. The van der Waals surface area contributed by atoms with Crippen LogP contribution in [0.5, 0.6) is 0 Å². The van der Waals surface area contributed by atoms with Crippen LogP contribution in [0.4, 0.5) is 0 Å². The highest BCUT2D eigenvalue weighted by atomic mass is 16.2. The van der Waals surface area contributed by atoms with Gasteiger partial charge in [-0.3, -0.25) is 4.79 Å². The Bertz CT molecular complexity index is 221. The van der Waals surface area contributed by atoms with Gasteiger partial charge in [-0.05, 0) is 40.7 Å². The van der Waals surface area contributed by atoms with E-state index in [1.165, 1.54) is 0 Å². The van der Waals surface area contributed by atoms with Crippen LogP contribution < -0.4 is 5.32 Å². The van der Waals surface area contributed by atoms with Gasteiger partial charge in [-0.25, -0.2) is 0 Å². The van der Waals surface area contributed by atoms with Crippen molar-refractivity contribution in [1.82, 2.24) is 10.2 Å². The molecule has 0 saturated carbocycles. The molecule has 1 aliphatic heterocycles. The smallest absolute Gasteiger partial charge is 0.242 e. The van der Waals surface area contributed by atoms with E-state index in [9.17, 15) is 4.79 Å². The van der Waals surface area contributed by atoms with Crippen molar-refractivity contribution >= 4 is 5.91 Å². The number of amides is 1. The molecule has 0 aromatic rings. The van der Waals surface area contributed by atoms with E-state index in [1.54, 1.807) is 0 Å². The van der Waals surface area contributed by atoms with Crippen LogP contribution in [0.15, 0.2) is 0 Å². The molecule has 1 amide bonds. The van der Waals surface area contributed by atoms with Crippen molar-refractivity contribution in [2.75, 3.05) is 13.6 Å². The zero-order valence-corrected chi connectivity index (χ0v) is 9.27. The van der Waals surface area contributed by atoms with Crippen molar-refractivity contribution in [3.05, 3.63) is 0 Å². The Hall–Kier alpha value is -0.570. The minimum atomic E-state index is -0.414. The highest BCUT2D eigenvalue weighted by Crippen LogP contribution is 2.23. The van der Waals surface area contributed by atoms with Gasteiger partial charge in [-0.15, -0.1) is 0 Å². The number of rotatable bonds is 0. The molecule has 0 atom stereocenters. The first kappa shape index (κ1) is 10.5. The quantitative estimate of drug-likeness (QED) is 0.609. The van der Waals surface area contributed by atoms with E-state index in [0.29, 0.717) is 0 Å². The molecule has 0 bridgehead atoms. The molecule has 3 heteroatoms. The van der Waals surface area contributed by atoms with E-state index >= 15 is 0 Å². The third-order valence-corrected chi connectivity index (χ3v) is 3.05. The standard InChI is InChI=1S/C10H20N2O/c1-9(2)6-7-11-10(3,4)8(13)12(9)5/h11H,6-7H2,1-5H3. The molecular weight excluding hydrogens is 164 g/mol. The molecule has 76 valence electrons. The lowest BCUT2D eigenvalue weighted by Gasteiger charge is -2.36. The summed E-state index contributed by atoms with van der Waals surface area (Å²) < 4.78 is 0. The van der Waals surface area contributed by atoms with Crippen molar-refractivity contribution in [3.63, 3.8) is 0 Å². The zero-order chi connectivity index (χ0) is 10.3. The fraction of sp³-hybridized carbons (Fsp3) is 0.900. The van der Waals surface area contributed by atoms with Gasteiger partial charge in [0.25, 0.3) is 0 Å². The van der Waals surface area contributed by atoms with Crippen molar-refractivity contribution in [2.24, 2.45) is 0 Å². The number of hydrogen-bond acceptors (Lipinski definition) is 2. The maximum absolute atomic E-state index is 11.9. The zero-order valence-electron chi connectivity index (χ0n) is 9.27. The second-order valence-corrected chi connectivity index (χ2v) is 4.98. The van der Waals surface area contributed by atoms with E-state index in [-0.39, 0.29) is 11.4 Å². The average Bonchev–Trinajstić information content (AvgIpc) is 2.04. The predicted octanol–water partition coefficient (Wildman–Crippen LogP) is 0.995. The summed E-state index contributed by atoms with van der Waals surface area (Å²) in [7, 11) is 1.89. The molecule has 0 aromatic carbocycles. The summed E-state index contributed by atoms with van der Waals surface area (Å²) in [6.45, 7) is 8.98. The third-order valence-electron chi connectivity index (χ3n) is 3.05. The van der Waals surface area contributed by atoms with Crippen LogP contribution in [0.2, 0.25) is 0 Å². The van der Waals surface area contributed by atoms with Gasteiger partial charge in [0, 0.05) is 12.6 Å². The topological polar surface area (TPSA) is 32.3 Å². The van der Waals surface area contributed by atoms with Crippen molar-refractivity contribution in [1.29, 1.82) is 0 Å². The Morgan fingerprint density at radius 1 is 1.31 bits per heavy atom. The molecule has 1 heterocycles. The van der Waals surface area contributed by atoms with E-state index < -0.39 is 5.54 Å². The lowest BCUT2D eigenvalue weighted by atomic mass is 9.98. The number of likely N-dealkylation sites (N-methyl/N-ethyl adjacent to an activating group) is 1. The van der Waals surface area contributed by atoms with Crippen molar-refractivity contribution in [2.45, 2.75) is 45.2 Å². The van der Waals surface area contributed by atoms with Gasteiger partial charge in [0.05, 0.1) is 5.54 Å². The molecule has 3 nitrogen and oxygen atoms in total. The summed E-state index contributed by atoms with van der Waals surface area (Å²) in [6, 6.07) is 0. The molecular formula is C10H20N2O. The average molecular weight is 184 g/mol. The van der Waals surface area contributed by atoms with Crippen LogP contribution in [0.3, 0.4) is 0 Å². The Morgan fingerprint density at radius 3 is 2.38 bits per heavy atom.